The van der Waals surface area contributed by atoms with Gasteiger partial charge in [-0.1, -0.05) is 13.0 Å². The fourth-order valence-electron chi connectivity index (χ4n) is 2.41. The van der Waals surface area contributed by atoms with Crippen molar-refractivity contribution in [1.29, 1.82) is 0 Å². The monoisotopic (exact) mass is 334 g/mol. The Morgan fingerprint density at radius 3 is 2.71 bits per heavy atom. The molecule has 1 aliphatic rings. The van der Waals surface area contributed by atoms with Crippen LogP contribution in [0.3, 0.4) is 0 Å². The van der Waals surface area contributed by atoms with E-state index < -0.39 is 24.5 Å². The maximum Gasteiger partial charge on any atom is 0.344 e. The zero-order valence-corrected chi connectivity index (χ0v) is 13.7. The molecular formula is C17H22N2O5. The Labute approximate surface area is 140 Å². The van der Waals surface area contributed by atoms with Crippen LogP contribution in [-0.2, 0) is 27.2 Å². The van der Waals surface area contributed by atoms with E-state index in [9.17, 15) is 14.4 Å². The Morgan fingerprint density at radius 1 is 1.12 bits per heavy atom. The van der Waals surface area contributed by atoms with Gasteiger partial charge in [0.05, 0.1) is 0 Å². The molecule has 0 radical (unpaired) electrons. The van der Waals surface area contributed by atoms with Crippen LogP contribution in [0.5, 0.6) is 5.75 Å². The minimum Gasteiger partial charge on any atom is -0.482 e. The van der Waals surface area contributed by atoms with Crippen molar-refractivity contribution >= 4 is 17.9 Å². The molecular weight excluding hydrogens is 312 g/mol. The third-order valence-electron chi connectivity index (χ3n) is 3.58. The summed E-state index contributed by atoms with van der Waals surface area (Å²) in [7, 11) is 0. The Balaban J connectivity index is 1.66. The van der Waals surface area contributed by atoms with E-state index in [-0.39, 0.29) is 6.61 Å². The van der Waals surface area contributed by atoms with E-state index in [4.69, 9.17) is 9.47 Å². The van der Waals surface area contributed by atoms with Crippen LogP contribution in [0.15, 0.2) is 18.2 Å². The van der Waals surface area contributed by atoms with Crippen LogP contribution in [0, 0.1) is 0 Å². The summed E-state index contributed by atoms with van der Waals surface area (Å²) < 4.78 is 10.1. The molecule has 7 heteroatoms. The van der Waals surface area contributed by atoms with Crippen LogP contribution in [0.1, 0.15) is 30.9 Å². The van der Waals surface area contributed by atoms with Crippen molar-refractivity contribution in [3.05, 3.63) is 29.3 Å². The first-order valence-electron chi connectivity index (χ1n) is 8.06. The standard InChI is InChI=1S/C17H22N2O5/c1-2-8-18-17(22)19-15(20)10-24-16(21)11-23-14-7-6-12-4-3-5-13(12)9-14/h6-7,9H,2-5,8,10-11H2,1H3,(H2,18,19,20,22). The molecule has 0 fully saturated rings. The second-order valence-electron chi connectivity index (χ2n) is 5.54. The lowest BCUT2D eigenvalue weighted by Crippen LogP contribution is -2.41. The summed E-state index contributed by atoms with van der Waals surface area (Å²) >= 11 is 0. The van der Waals surface area contributed by atoms with Gasteiger partial charge in [-0.2, -0.15) is 0 Å². The highest BCUT2D eigenvalue weighted by Crippen LogP contribution is 2.25. The Kier molecular flexibility index (Phi) is 6.60. The Hall–Kier alpha value is -2.57. The first-order chi connectivity index (χ1) is 11.6. The van der Waals surface area contributed by atoms with Crippen molar-refractivity contribution in [2.45, 2.75) is 32.6 Å². The van der Waals surface area contributed by atoms with Crippen molar-refractivity contribution < 1.29 is 23.9 Å². The van der Waals surface area contributed by atoms with Crippen LogP contribution >= 0.6 is 0 Å². The van der Waals surface area contributed by atoms with Gasteiger partial charge in [0, 0.05) is 6.54 Å². The summed E-state index contributed by atoms with van der Waals surface area (Å²) in [6, 6.07) is 5.15. The first kappa shape index (κ1) is 17.8. The molecule has 0 bridgehead atoms. The number of benzene rings is 1. The number of carbonyl (C=O) groups is 3. The fraction of sp³-hybridized carbons (Fsp3) is 0.471. The lowest BCUT2D eigenvalue weighted by atomic mass is 10.1. The Bertz CT molecular complexity index is 615. The molecule has 0 aromatic heterocycles. The number of esters is 1. The van der Waals surface area contributed by atoms with Crippen molar-refractivity contribution in [3.8, 4) is 5.75 Å². The molecule has 2 N–H and O–H groups in total. The SMILES string of the molecule is CCCNC(=O)NC(=O)COC(=O)COc1ccc2c(c1)CCC2. The lowest BCUT2D eigenvalue weighted by molar-refractivity contribution is -0.150. The van der Waals surface area contributed by atoms with E-state index in [0.29, 0.717) is 12.3 Å². The number of hydrogen-bond donors (Lipinski definition) is 2. The summed E-state index contributed by atoms with van der Waals surface area (Å²) in [5.74, 6) is -0.745. The molecule has 1 aromatic rings. The van der Waals surface area contributed by atoms with Gasteiger partial charge in [0.25, 0.3) is 5.91 Å². The van der Waals surface area contributed by atoms with Crippen molar-refractivity contribution in [1.82, 2.24) is 10.6 Å². The van der Waals surface area contributed by atoms with E-state index in [2.05, 4.69) is 10.6 Å². The van der Waals surface area contributed by atoms with Gasteiger partial charge in [-0.3, -0.25) is 10.1 Å². The van der Waals surface area contributed by atoms with Gasteiger partial charge in [-0.05, 0) is 48.9 Å². The number of imide groups is 1. The van der Waals surface area contributed by atoms with Gasteiger partial charge in [0.1, 0.15) is 5.75 Å². The van der Waals surface area contributed by atoms with Crippen LogP contribution in [-0.4, -0.2) is 37.7 Å². The fourth-order valence-corrected chi connectivity index (χ4v) is 2.41. The molecule has 2 rings (SSSR count). The average molecular weight is 334 g/mol. The minimum atomic E-state index is -0.686. The number of ether oxygens (including phenoxy) is 2. The van der Waals surface area contributed by atoms with Crippen molar-refractivity contribution in [3.63, 3.8) is 0 Å². The highest BCUT2D eigenvalue weighted by atomic mass is 16.6. The second kappa shape index (κ2) is 8.90. The largest absolute Gasteiger partial charge is 0.482 e. The molecule has 0 unspecified atom stereocenters. The molecule has 7 nitrogen and oxygen atoms in total. The molecule has 0 aliphatic heterocycles. The normalized spacial score (nSPS) is 12.2. The van der Waals surface area contributed by atoms with Gasteiger partial charge in [-0.25, -0.2) is 9.59 Å². The van der Waals surface area contributed by atoms with Crippen LogP contribution in [0.4, 0.5) is 4.79 Å². The molecule has 0 saturated carbocycles. The van der Waals surface area contributed by atoms with Gasteiger partial charge < -0.3 is 14.8 Å². The second-order valence-corrected chi connectivity index (χ2v) is 5.54. The van der Waals surface area contributed by atoms with E-state index in [0.717, 1.165) is 25.7 Å². The lowest BCUT2D eigenvalue weighted by Gasteiger charge is -2.09. The van der Waals surface area contributed by atoms with E-state index >= 15 is 0 Å². The minimum absolute atomic E-state index is 0.284. The van der Waals surface area contributed by atoms with E-state index in [1.165, 1.54) is 11.1 Å². The molecule has 0 heterocycles. The molecule has 130 valence electrons. The summed E-state index contributed by atoms with van der Waals surface area (Å²) in [4.78, 5) is 34.3. The predicted octanol–water partition coefficient (Wildman–Crippen LogP) is 1.33. The number of hydrogen-bond acceptors (Lipinski definition) is 5. The number of urea groups is 1. The number of nitrogens with one attached hydrogen (secondary N) is 2. The van der Waals surface area contributed by atoms with Crippen LogP contribution < -0.4 is 15.4 Å². The quantitative estimate of drug-likeness (QED) is 0.734. The molecule has 24 heavy (non-hydrogen) atoms. The van der Waals surface area contributed by atoms with Crippen LogP contribution in [0.25, 0.3) is 0 Å². The summed E-state index contributed by atoms with van der Waals surface area (Å²) in [5, 5.41) is 4.55. The maximum absolute atomic E-state index is 11.6. The summed E-state index contributed by atoms with van der Waals surface area (Å²) in [6.07, 6.45) is 4.01. The third-order valence-corrected chi connectivity index (χ3v) is 3.58. The van der Waals surface area contributed by atoms with E-state index in [1.807, 2.05) is 25.1 Å². The maximum atomic E-state index is 11.6. The van der Waals surface area contributed by atoms with Crippen molar-refractivity contribution in [2.24, 2.45) is 0 Å². The first-order valence-corrected chi connectivity index (χ1v) is 8.06. The average Bonchev–Trinajstić information content (AvgIpc) is 3.04. The zero-order valence-electron chi connectivity index (χ0n) is 13.7. The van der Waals surface area contributed by atoms with Gasteiger partial charge in [0.2, 0.25) is 0 Å². The van der Waals surface area contributed by atoms with Gasteiger partial charge in [-0.15, -0.1) is 0 Å². The smallest absolute Gasteiger partial charge is 0.344 e. The summed E-state index contributed by atoms with van der Waals surface area (Å²) in [6.45, 7) is 1.55. The summed E-state index contributed by atoms with van der Waals surface area (Å²) in [5.41, 5.74) is 2.57. The number of fused-ring (bicyclic) bond motifs is 1. The number of aryl methyl sites for hydroxylation is 2. The number of amides is 3. The van der Waals surface area contributed by atoms with Crippen molar-refractivity contribution in [2.75, 3.05) is 19.8 Å². The van der Waals surface area contributed by atoms with Gasteiger partial charge >= 0.3 is 12.0 Å². The van der Waals surface area contributed by atoms with E-state index in [1.54, 1.807) is 0 Å². The number of rotatable bonds is 7. The number of carbonyl (C=O) groups excluding carboxylic acids is 3. The zero-order chi connectivity index (χ0) is 17.4. The molecule has 3 amide bonds. The topological polar surface area (TPSA) is 93.7 Å². The molecule has 0 spiro atoms. The molecule has 0 atom stereocenters. The Morgan fingerprint density at radius 2 is 1.92 bits per heavy atom. The molecule has 1 aromatic carbocycles. The van der Waals surface area contributed by atoms with Crippen LogP contribution in [0.2, 0.25) is 0 Å². The predicted molar refractivity (Wildman–Crippen MR) is 86.8 cm³/mol. The van der Waals surface area contributed by atoms with Gasteiger partial charge in [0.15, 0.2) is 13.2 Å². The molecule has 1 aliphatic carbocycles. The highest BCUT2D eigenvalue weighted by Gasteiger charge is 2.13. The third kappa shape index (κ3) is 5.57. The molecule has 0 saturated heterocycles. The highest BCUT2D eigenvalue weighted by molar-refractivity contribution is 5.95.